The van der Waals surface area contributed by atoms with Crippen molar-refractivity contribution in [1.29, 1.82) is 0 Å². The van der Waals surface area contributed by atoms with Crippen molar-refractivity contribution < 1.29 is 14.6 Å². The standard InChI is InChI=1S/C9H19NO3/c1-7(6-13-2)3-8(5-10)4-9(11)12/h7-8H,3-6,10H2,1-2H3,(H,11,12)/t7?,8-/m0/s1. The molecule has 0 aromatic carbocycles. The van der Waals surface area contributed by atoms with E-state index in [1.54, 1.807) is 7.11 Å². The number of hydrogen-bond donors (Lipinski definition) is 2. The molecule has 0 aliphatic rings. The molecule has 0 saturated carbocycles. The van der Waals surface area contributed by atoms with Gasteiger partial charge in [0.15, 0.2) is 0 Å². The summed E-state index contributed by atoms with van der Waals surface area (Å²) in [5, 5.41) is 8.57. The number of aliphatic carboxylic acids is 1. The van der Waals surface area contributed by atoms with Gasteiger partial charge in [-0.25, -0.2) is 0 Å². The highest BCUT2D eigenvalue weighted by Crippen LogP contribution is 2.14. The predicted molar refractivity (Wildman–Crippen MR) is 50.5 cm³/mol. The molecule has 2 atom stereocenters. The molecule has 0 bridgehead atoms. The highest BCUT2D eigenvalue weighted by atomic mass is 16.5. The first kappa shape index (κ1) is 12.4. The second kappa shape index (κ2) is 6.86. The summed E-state index contributed by atoms with van der Waals surface area (Å²) >= 11 is 0. The summed E-state index contributed by atoms with van der Waals surface area (Å²) < 4.78 is 4.97. The van der Waals surface area contributed by atoms with Gasteiger partial charge in [0.1, 0.15) is 0 Å². The second-order valence-corrected chi connectivity index (χ2v) is 3.50. The average molecular weight is 189 g/mol. The van der Waals surface area contributed by atoms with Crippen LogP contribution in [0.15, 0.2) is 0 Å². The van der Waals surface area contributed by atoms with Gasteiger partial charge in [-0.2, -0.15) is 0 Å². The summed E-state index contributed by atoms with van der Waals surface area (Å²) in [5.41, 5.74) is 5.46. The molecule has 0 aliphatic carbocycles. The molecule has 0 amide bonds. The Morgan fingerprint density at radius 2 is 2.23 bits per heavy atom. The monoisotopic (exact) mass is 189 g/mol. The SMILES string of the molecule is COCC(C)C[C@H](CN)CC(=O)O. The average Bonchev–Trinajstić information content (AvgIpc) is 2.02. The van der Waals surface area contributed by atoms with Crippen LogP contribution in [0.2, 0.25) is 0 Å². The number of hydrogen-bond acceptors (Lipinski definition) is 3. The number of carboxylic acids is 1. The van der Waals surface area contributed by atoms with Gasteiger partial charge in [-0.05, 0) is 24.8 Å². The minimum absolute atomic E-state index is 0.0719. The molecular formula is C9H19NO3. The fourth-order valence-corrected chi connectivity index (χ4v) is 1.43. The highest BCUT2D eigenvalue weighted by molar-refractivity contribution is 5.67. The van der Waals surface area contributed by atoms with Crippen molar-refractivity contribution in [1.82, 2.24) is 0 Å². The van der Waals surface area contributed by atoms with Crippen LogP contribution in [0.4, 0.5) is 0 Å². The summed E-state index contributed by atoms with van der Waals surface area (Å²) in [7, 11) is 1.64. The van der Waals surface area contributed by atoms with Gasteiger partial charge in [0, 0.05) is 20.1 Å². The van der Waals surface area contributed by atoms with Gasteiger partial charge >= 0.3 is 5.97 Å². The first-order chi connectivity index (χ1) is 6.10. The Labute approximate surface area is 79.1 Å². The fraction of sp³-hybridized carbons (Fsp3) is 0.889. The van der Waals surface area contributed by atoms with Gasteiger partial charge in [-0.3, -0.25) is 4.79 Å². The summed E-state index contributed by atoms with van der Waals surface area (Å²) in [4.78, 5) is 10.4. The largest absolute Gasteiger partial charge is 0.481 e. The maximum atomic E-state index is 10.4. The van der Waals surface area contributed by atoms with E-state index in [0.29, 0.717) is 19.1 Å². The van der Waals surface area contributed by atoms with Crippen molar-refractivity contribution in [3.05, 3.63) is 0 Å². The van der Waals surface area contributed by atoms with Gasteiger partial charge in [-0.15, -0.1) is 0 Å². The summed E-state index contributed by atoms with van der Waals surface area (Å²) in [6.07, 6.45) is 0.973. The summed E-state index contributed by atoms with van der Waals surface area (Å²) in [6.45, 7) is 3.13. The van der Waals surface area contributed by atoms with E-state index >= 15 is 0 Å². The molecule has 0 aromatic heterocycles. The van der Waals surface area contributed by atoms with E-state index < -0.39 is 5.97 Å². The van der Waals surface area contributed by atoms with E-state index in [4.69, 9.17) is 15.6 Å². The molecule has 1 unspecified atom stereocenters. The third kappa shape index (κ3) is 6.54. The molecule has 4 heteroatoms. The maximum absolute atomic E-state index is 10.4. The molecule has 0 saturated heterocycles. The Bertz CT molecular complexity index is 150. The number of carbonyl (C=O) groups is 1. The van der Waals surface area contributed by atoms with Crippen molar-refractivity contribution in [2.24, 2.45) is 17.6 Å². The molecular weight excluding hydrogens is 170 g/mol. The zero-order valence-electron chi connectivity index (χ0n) is 8.32. The zero-order chi connectivity index (χ0) is 10.3. The number of rotatable bonds is 7. The van der Waals surface area contributed by atoms with Gasteiger partial charge in [-0.1, -0.05) is 6.92 Å². The van der Waals surface area contributed by atoms with E-state index in [1.165, 1.54) is 0 Å². The molecule has 0 spiro atoms. The Hall–Kier alpha value is -0.610. The minimum Gasteiger partial charge on any atom is -0.481 e. The first-order valence-electron chi connectivity index (χ1n) is 4.51. The van der Waals surface area contributed by atoms with Gasteiger partial charge in [0.05, 0.1) is 0 Å². The van der Waals surface area contributed by atoms with Gasteiger partial charge in [0.25, 0.3) is 0 Å². The third-order valence-corrected chi connectivity index (χ3v) is 1.98. The Balaban J connectivity index is 3.75. The lowest BCUT2D eigenvalue weighted by Crippen LogP contribution is -2.21. The lowest BCUT2D eigenvalue weighted by molar-refractivity contribution is -0.138. The zero-order valence-corrected chi connectivity index (χ0v) is 8.32. The Morgan fingerprint density at radius 3 is 2.62 bits per heavy atom. The van der Waals surface area contributed by atoms with E-state index in [0.717, 1.165) is 6.42 Å². The number of nitrogens with two attached hydrogens (primary N) is 1. The predicted octanol–water partition coefficient (Wildman–Crippen LogP) is 0.709. The molecule has 78 valence electrons. The van der Waals surface area contributed by atoms with E-state index in [2.05, 4.69) is 0 Å². The highest BCUT2D eigenvalue weighted by Gasteiger charge is 2.14. The maximum Gasteiger partial charge on any atom is 0.303 e. The van der Waals surface area contributed by atoms with E-state index in [9.17, 15) is 4.79 Å². The first-order valence-corrected chi connectivity index (χ1v) is 4.51. The number of ether oxygens (including phenoxy) is 1. The smallest absolute Gasteiger partial charge is 0.303 e. The van der Waals surface area contributed by atoms with Gasteiger partial charge in [0.2, 0.25) is 0 Å². The van der Waals surface area contributed by atoms with Crippen molar-refractivity contribution in [2.45, 2.75) is 19.8 Å². The minimum atomic E-state index is -0.778. The molecule has 3 N–H and O–H groups in total. The van der Waals surface area contributed by atoms with Crippen molar-refractivity contribution in [3.8, 4) is 0 Å². The van der Waals surface area contributed by atoms with Crippen LogP contribution in [0.25, 0.3) is 0 Å². The fourth-order valence-electron chi connectivity index (χ4n) is 1.43. The molecule has 13 heavy (non-hydrogen) atoms. The van der Waals surface area contributed by atoms with Crippen LogP contribution in [-0.2, 0) is 9.53 Å². The number of carboxylic acid groups (broad SMARTS) is 1. The van der Waals surface area contributed by atoms with Crippen LogP contribution in [0, 0.1) is 11.8 Å². The van der Waals surface area contributed by atoms with Crippen LogP contribution in [0.1, 0.15) is 19.8 Å². The molecule has 0 fully saturated rings. The molecule has 0 rings (SSSR count). The van der Waals surface area contributed by atoms with E-state index in [1.807, 2.05) is 6.92 Å². The molecule has 0 radical (unpaired) electrons. The molecule has 0 aromatic rings. The lowest BCUT2D eigenvalue weighted by Gasteiger charge is -2.16. The summed E-state index contributed by atoms with van der Waals surface area (Å²) in [6, 6.07) is 0. The normalized spacial score (nSPS) is 15.3. The molecule has 0 aliphatic heterocycles. The quantitative estimate of drug-likeness (QED) is 0.618. The topological polar surface area (TPSA) is 72.5 Å². The van der Waals surface area contributed by atoms with Crippen LogP contribution < -0.4 is 5.73 Å². The Kier molecular flexibility index (Phi) is 6.54. The van der Waals surface area contributed by atoms with Gasteiger partial charge < -0.3 is 15.6 Å². The van der Waals surface area contributed by atoms with Crippen LogP contribution in [0.5, 0.6) is 0 Å². The van der Waals surface area contributed by atoms with Crippen molar-refractivity contribution in [3.63, 3.8) is 0 Å². The van der Waals surface area contributed by atoms with Crippen molar-refractivity contribution in [2.75, 3.05) is 20.3 Å². The summed E-state index contributed by atoms with van der Waals surface area (Å²) in [5.74, 6) is -0.333. The van der Waals surface area contributed by atoms with Crippen molar-refractivity contribution >= 4 is 5.97 Å². The molecule has 4 nitrogen and oxygen atoms in total. The Morgan fingerprint density at radius 1 is 1.62 bits per heavy atom. The second-order valence-electron chi connectivity index (χ2n) is 3.50. The lowest BCUT2D eigenvalue weighted by atomic mass is 9.94. The van der Waals surface area contributed by atoms with E-state index in [-0.39, 0.29) is 12.3 Å². The van der Waals surface area contributed by atoms with Crippen LogP contribution in [-0.4, -0.2) is 31.3 Å². The third-order valence-electron chi connectivity index (χ3n) is 1.98. The van der Waals surface area contributed by atoms with Crippen LogP contribution >= 0.6 is 0 Å². The van der Waals surface area contributed by atoms with Crippen LogP contribution in [0.3, 0.4) is 0 Å². The number of methoxy groups -OCH3 is 1. The molecule has 0 heterocycles.